The molecule has 0 unspecified atom stereocenters. The van der Waals surface area contributed by atoms with Crippen LogP contribution < -0.4 is 0 Å². The summed E-state index contributed by atoms with van der Waals surface area (Å²) in [6.07, 6.45) is 0.469. The molecule has 0 atom stereocenters. The van der Waals surface area contributed by atoms with E-state index in [1.54, 1.807) is 0 Å². The number of hydrogen-bond donors (Lipinski definition) is 2. The third-order valence-corrected chi connectivity index (χ3v) is 0.516. The van der Waals surface area contributed by atoms with E-state index in [1.807, 2.05) is 0 Å². The summed E-state index contributed by atoms with van der Waals surface area (Å²) in [5, 5.41) is 18.5. The van der Waals surface area contributed by atoms with Gasteiger partial charge in [-0.2, -0.15) is 0 Å². The first kappa shape index (κ1) is 7.80. The average molecular weight is 124 g/mol. The highest BCUT2D eigenvalue weighted by Gasteiger charge is 1.85. The van der Waals surface area contributed by atoms with Crippen LogP contribution in [0.5, 0.6) is 0 Å². The maximum atomic E-state index is 7.71. The second kappa shape index (κ2) is 6.80. The zero-order valence-corrected chi connectivity index (χ0v) is 4.24. The van der Waals surface area contributed by atoms with Crippen LogP contribution in [0.1, 0.15) is 6.42 Å². The van der Waals surface area contributed by atoms with Crippen molar-refractivity contribution in [3.8, 4) is 0 Å². The Bertz CT molecular complexity index is 32.7. The van der Waals surface area contributed by atoms with Gasteiger partial charge < -0.3 is 0 Å². The maximum absolute atomic E-state index is 7.71. The molecule has 0 aliphatic rings. The van der Waals surface area contributed by atoms with Gasteiger partial charge in [-0.1, -0.05) is 5.04 Å². The van der Waals surface area contributed by atoms with Gasteiger partial charge in [0.05, 0.1) is 13.2 Å². The van der Waals surface area contributed by atoms with E-state index in [1.165, 1.54) is 0 Å². The van der Waals surface area contributed by atoms with Gasteiger partial charge in [-0.15, -0.1) is 0 Å². The lowest BCUT2D eigenvalue weighted by molar-refractivity contribution is -0.491. The fourth-order valence-corrected chi connectivity index (χ4v) is 0.220. The van der Waals surface area contributed by atoms with Crippen molar-refractivity contribution in [2.75, 3.05) is 13.2 Å². The first-order valence-corrected chi connectivity index (χ1v) is 2.11. The largest absolute Gasteiger partial charge is 0.252 e. The lowest BCUT2D eigenvalue weighted by atomic mass is 10.5. The van der Waals surface area contributed by atoms with Gasteiger partial charge in [0, 0.05) is 6.42 Å². The molecule has 0 rings (SSSR count). The zero-order chi connectivity index (χ0) is 6.24. The molecule has 0 saturated carbocycles. The Kier molecular flexibility index (Phi) is 6.63. The minimum atomic E-state index is 0.170. The Hall–Kier alpha value is -0.200. The van der Waals surface area contributed by atoms with Gasteiger partial charge in [-0.3, -0.25) is 5.26 Å². The van der Waals surface area contributed by atoms with Crippen molar-refractivity contribution in [3.63, 3.8) is 0 Å². The highest BCUT2D eigenvalue weighted by molar-refractivity contribution is 4.25. The molecule has 0 aromatic heterocycles. The van der Waals surface area contributed by atoms with Gasteiger partial charge in [-0.25, -0.2) is 15.0 Å². The predicted molar refractivity (Wildman–Crippen MR) is 22.9 cm³/mol. The van der Waals surface area contributed by atoms with E-state index < -0.39 is 0 Å². The van der Waals surface area contributed by atoms with Crippen LogP contribution >= 0.6 is 0 Å². The minimum absolute atomic E-state index is 0.170. The summed E-state index contributed by atoms with van der Waals surface area (Å²) in [6, 6.07) is 0. The standard InChI is InChI=1S/C3H8O5/c4-6-2-1-3-7-8-5/h4-5H,1-3H2. The lowest BCUT2D eigenvalue weighted by Gasteiger charge is -1.93. The van der Waals surface area contributed by atoms with Gasteiger partial charge >= 0.3 is 0 Å². The molecule has 2 N–H and O–H groups in total. The second-order valence-corrected chi connectivity index (χ2v) is 1.08. The van der Waals surface area contributed by atoms with Crippen LogP contribution in [0.3, 0.4) is 0 Å². The monoisotopic (exact) mass is 124 g/mol. The molecule has 0 saturated heterocycles. The van der Waals surface area contributed by atoms with Crippen LogP contribution in [-0.2, 0) is 14.8 Å². The Labute approximate surface area is 46.2 Å². The van der Waals surface area contributed by atoms with Gasteiger partial charge in [0.2, 0.25) is 0 Å². The second-order valence-electron chi connectivity index (χ2n) is 1.08. The van der Waals surface area contributed by atoms with E-state index in [-0.39, 0.29) is 13.2 Å². The molecule has 0 aliphatic carbocycles. The van der Waals surface area contributed by atoms with Crippen LogP contribution in [0.25, 0.3) is 0 Å². The number of hydrogen-bond acceptors (Lipinski definition) is 5. The Morgan fingerprint density at radius 3 is 2.38 bits per heavy atom. The van der Waals surface area contributed by atoms with Crippen molar-refractivity contribution in [2.45, 2.75) is 6.42 Å². The Morgan fingerprint density at radius 1 is 1.12 bits per heavy atom. The summed E-state index contributed by atoms with van der Waals surface area (Å²) in [5.74, 6) is 0. The summed E-state index contributed by atoms with van der Waals surface area (Å²) in [7, 11) is 0. The van der Waals surface area contributed by atoms with Gasteiger partial charge in [-0.05, 0) is 0 Å². The SMILES string of the molecule is OOCCCOOO. The molecular formula is C3H8O5. The first-order chi connectivity index (χ1) is 3.91. The Balaban J connectivity index is 2.53. The molecule has 50 valence electrons. The van der Waals surface area contributed by atoms with E-state index in [0.717, 1.165) is 0 Å². The van der Waals surface area contributed by atoms with E-state index >= 15 is 0 Å². The summed E-state index contributed by atoms with van der Waals surface area (Å²) >= 11 is 0. The fraction of sp³-hybridized carbons (Fsp3) is 1.00. The molecule has 0 aromatic rings. The summed E-state index contributed by atoms with van der Waals surface area (Å²) in [4.78, 5) is 7.67. The molecule has 0 bridgehead atoms. The van der Waals surface area contributed by atoms with Crippen molar-refractivity contribution in [2.24, 2.45) is 0 Å². The Morgan fingerprint density at radius 2 is 1.88 bits per heavy atom. The average Bonchev–Trinajstić information content (AvgIpc) is 1.81. The van der Waals surface area contributed by atoms with Crippen LogP contribution in [0.2, 0.25) is 0 Å². The molecule has 0 heterocycles. The third-order valence-electron chi connectivity index (χ3n) is 0.516. The molecular weight excluding hydrogens is 116 g/mol. The van der Waals surface area contributed by atoms with Crippen LogP contribution in [-0.4, -0.2) is 23.7 Å². The normalized spacial score (nSPS) is 9.75. The molecule has 5 heteroatoms. The lowest BCUT2D eigenvalue weighted by Crippen LogP contribution is -1.97. The van der Waals surface area contributed by atoms with Crippen molar-refractivity contribution in [1.29, 1.82) is 0 Å². The molecule has 0 spiro atoms. The quantitative estimate of drug-likeness (QED) is 0.313. The predicted octanol–water partition coefficient (Wildman–Crippen LogP) is 0.287. The number of rotatable bonds is 5. The molecule has 0 aliphatic heterocycles. The fourth-order valence-electron chi connectivity index (χ4n) is 0.220. The third kappa shape index (κ3) is 5.80. The summed E-state index contributed by atoms with van der Waals surface area (Å²) in [5.41, 5.74) is 0. The topological polar surface area (TPSA) is 68.2 Å². The molecule has 5 nitrogen and oxygen atoms in total. The van der Waals surface area contributed by atoms with Gasteiger partial charge in [0.25, 0.3) is 0 Å². The van der Waals surface area contributed by atoms with Crippen molar-refractivity contribution in [1.82, 2.24) is 0 Å². The van der Waals surface area contributed by atoms with Gasteiger partial charge in [0.1, 0.15) is 0 Å². The van der Waals surface area contributed by atoms with Crippen molar-refractivity contribution < 1.29 is 25.3 Å². The van der Waals surface area contributed by atoms with E-state index in [4.69, 9.17) is 10.5 Å². The van der Waals surface area contributed by atoms with Crippen LogP contribution in [0.15, 0.2) is 0 Å². The molecule has 0 fully saturated rings. The highest BCUT2D eigenvalue weighted by atomic mass is 17.5. The zero-order valence-electron chi connectivity index (χ0n) is 4.24. The molecule has 8 heavy (non-hydrogen) atoms. The molecule has 0 radical (unpaired) electrons. The summed E-state index contributed by atoms with van der Waals surface area (Å²) < 4.78 is 0. The van der Waals surface area contributed by atoms with E-state index in [0.29, 0.717) is 6.42 Å². The minimum Gasteiger partial charge on any atom is -0.252 e. The summed E-state index contributed by atoms with van der Waals surface area (Å²) in [6.45, 7) is 0.362. The van der Waals surface area contributed by atoms with Gasteiger partial charge in [0.15, 0.2) is 0 Å². The van der Waals surface area contributed by atoms with Crippen LogP contribution in [0.4, 0.5) is 0 Å². The smallest absolute Gasteiger partial charge is 0.0876 e. The van der Waals surface area contributed by atoms with Crippen LogP contribution in [0, 0.1) is 0 Å². The van der Waals surface area contributed by atoms with E-state index in [9.17, 15) is 0 Å². The van der Waals surface area contributed by atoms with E-state index in [2.05, 4.69) is 14.8 Å². The van der Waals surface area contributed by atoms with Crippen molar-refractivity contribution in [3.05, 3.63) is 0 Å². The maximum Gasteiger partial charge on any atom is 0.0876 e. The van der Waals surface area contributed by atoms with Crippen molar-refractivity contribution >= 4 is 0 Å². The highest BCUT2D eigenvalue weighted by Crippen LogP contribution is 1.81. The first-order valence-electron chi connectivity index (χ1n) is 2.11. The molecule has 0 aromatic carbocycles. The molecule has 0 amide bonds.